The Kier molecular flexibility index (Phi) is 7.12. The first-order valence-corrected chi connectivity index (χ1v) is 10.6. The Bertz CT molecular complexity index is 1140. The van der Waals surface area contributed by atoms with Crippen LogP contribution in [0.4, 0.5) is 18.9 Å². The fraction of sp³-hybridized carbons (Fsp3) is 0.375. The quantitative estimate of drug-likeness (QED) is 0.397. The predicted octanol–water partition coefficient (Wildman–Crippen LogP) is 5.46. The van der Waals surface area contributed by atoms with Gasteiger partial charge in [-0.3, -0.25) is 4.98 Å². The number of aliphatic hydroxyl groups excluding tert-OH is 1. The zero-order valence-corrected chi connectivity index (χ0v) is 19.3. The second-order valence-electron chi connectivity index (χ2n) is 8.62. The van der Waals surface area contributed by atoms with Gasteiger partial charge in [-0.2, -0.15) is 13.2 Å². The summed E-state index contributed by atoms with van der Waals surface area (Å²) in [6.07, 6.45) is -5.54. The molecule has 0 saturated heterocycles. The van der Waals surface area contributed by atoms with Crippen LogP contribution in [-0.4, -0.2) is 40.6 Å². The van der Waals surface area contributed by atoms with E-state index in [2.05, 4.69) is 10.3 Å². The number of fused-ring (bicyclic) bond motifs is 1. The van der Waals surface area contributed by atoms with Crippen LogP contribution in [0.3, 0.4) is 0 Å². The Labute approximate surface area is 195 Å². The molecule has 1 atom stereocenters. The fourth-order valence-corrected chi connectivity index (χ4v) is 4.15. The summed E-state index contributed by atoms with van der Waals surface area (Å²) in [5.74, 6) is 0.390. The number of halogens is 4. The fourth-order valence-electron chi connectivity index (χ4n) is 3.98. The zero-order chi connectivity index (χ0) is 24.4. The van der Waals surface area contributed by atoms with Crippen LogP contribution in [0.5, 0.6) is 5.75 Å². The lowest BCUT2D eigenvalue weighted by atomic mass is 9.74. The molecule has 1 heterocycles. The number of ether oxygens (including phenoxy) is 1. The number of hydrogen-bond acceptors (Lipinski definition) is 5. The molecule has 5 nitrogen and oxygen atoms in total. The SMILES string of the molecule is COc1ccc(Cl)cc1C(C)(C)CC(O)(CNc1cccc2nc(CO)ccc12)C(F)(F)F. The first kappa shape index (κ1) is 25.1. The van der Waals surface area contributed by atoms with Crippen molar-refractivity contribution in [3.63, 3.8) is 0 Å². The average molecular weight is 483 g/mol. The number of rotatable bonds is 8. The molecule has 0 bridgehead atoms. The Balaban J connectivity index is 1.93. The van der Waals surface area contributed by atoms with Gasteiger partial charge in [-0.05, 0) is 54.3 Å². The standard InChI is InChI=1S/C24H26ClF3N2O3/c1-22(2,18-11-15(25)7-10-21(18)33-3)13-23(32,24(26,27)28)14-29-19-5-4-6-20-17(19)9-8-16(12-31)30-20/h4-11,29,31-32H,12-14H2,1-3H3. The van der Waals surface area contributed by atoms with Crippen LogP contribution in [0.1, 0.15) is 31.5 Å². The largest absolute Gasteiger partial charge is 0.496 e. The highest BCUT2D eigenvalue weighted by Crippen LogP contribution is 2.44. The highest BCUT2D eigenvalue weighted by Gasteiger charge is 2.56. The van der Waals surface area contributed by atoms with E-state index in [1.807, 2.05) is 0 Å². The molecule has 0 aliphatic heterocycles. The number of aromatic nitrogens is 1. The average Bonchev–Trinajstić information content (AvgIpc) is 2.76. The summed E-state index contributed by atoms with van der Waals surface area (Å²) in [5, 5.41) is 23.8. The van der Waals surface area contributed by atoms with Gasteiger partial charge < -0.3 is 20.3 Å². The van der Waals surface area contributed by atoms with Crippen molar-refractivity contribution >= 4 is 28.2 Å². The molecular formula is C24H26ClF3N2O3. The molecule has 0 saturated carbocycles. The number of nitrogens with one attached hydrogen (secondary N) is 1. The zero-order valence-electron chi connectivity index (χ0n) is 18.5. The molecule has 9 heteroatoms. The van der Waals surface area contributed by atoms with E-state index in [0.29, 0.717) is 38.6 Å². The molecule has 3 N–H and O–H groups in total. The molecule has 178 valence electrons. The molecule has 0 aliphatic rings. The van der Waals surface area contributed by atoms with Crippen LogP contribution < -0.4 is 10.1 Å². The number of aliphatic hydroxyl groups is 2. The third-order valence-corrected chi connectivity index (χ3v) is 5.91. The molecule has 0 spiro atoms. The lowest BCUT2D eigenvalue weighted by Gasteiger charge is -2.38. The molecule has 0 amide bonds. The van der Waals surface area contributed by atoms with Crippen LogP contribution in [0.25, 0.3) is 10.9 Å². The van der Waals surface area contributed by atoms with Gasteiger partial charge in [-0.1, -0.05) is 31.5 Å². The topological polar surface area (TPSA) is 74.6 Å². The smallest absolute Gasteiger partial charge is 0.418 e. The summed E-state index contributed by atoms with van der Waals surface area (Å²) in [6.45, 7) is 2.19. The van der Waals surface area contributed by atoms with Crippen molar-refractivity contribution in [2.24, 2.45) is 0 Å². The molecule has 2 aromatic carbocycles. The highest BCUT2D eigenvalue weighted by atomic mass is 35.5. The van der Waals surface area contributed by atoms with Gasteiger partial charge in [-0.25, -0.2) is 0 Å². The van der Waals surface area contributed by atoms with E-state index >= 15 is 0 Å². The number of benzene rings is 2. The maximum atomic E-state index is 14.1. The van der Waals surface area contributed by atoms with Crippen molar-refractivity contribution in [1.82, 2.24) is 4.98 Å². The van der Waals surface area contributed by atoms with Gasteiger partial charge in [0.15, 0.2) is 5.60 Å². The van der Waals surface area contributed by atoms with Crippen molar-refractivity contribution in [2.45, 2.75) is 44.1 Å². The molecule has 0 radical (unpaired) electrons. The van der Waals surface area contributed by atoms with Crippen LogP contribution >= 0.6 is 11.6 Å². The summed E-state index contributed by atoms with van der Waals surface area (Å²) in [4.78, 5) is 4.27. The van der Waals surface area contributed by atoms with Crippen LogP contribution in [0, 0.1) is 0 Å². The van der Waals surface area contributed by atoms with Crippen molar-refractivity contribution in [2.75, 3.05) is 19.0 Å². The monoisotopic (exact) mass is 482 g/mol. The Morgan fingerprint density at radius 3 is 2.45 bits per heavy atom. The van der Waals surface area contributed by atoms with E-state index in [-0.39, 0.29) is 6.61 Å². The van der Waals surface area contributed by atoms with E-state index in [4.69, 9.17) is 16.3 Å². The Morgan fingerprint density at radius 1 is 1.09 bits per heavy atom. The molecular weight excluding hydrogens is 457 g/mol. The minimum Gasteiger partial charge on any atom is -0.496 e. The maximum absolute atomic E-state index is 14.1. The second kappa shape index (κ2) is 9.37. The van der Waals surface area contributed by atoms with Crippen molar-refractivity contribution < 1.29 is 28.1 Å². The summed E-state index contributed by atoms with van der Waals surface area (Å²) < 4.78 is 47.7. The van der Waals surface area contributed by atoms with Crippen molar-refractivity contribution in [3.8, 4) is 5.75 Å². The van der Waals surface area contributed by atoms with Gasteiger partial charge in [0.2, 0.25) is 0 Å². The molecule has 0 fully saturated rings. The number of hydrogen-bond donors (Lipinski definition) is 3. The van der Waals surface area contributed by atoms with Crippen LogP contribution in [-0.2, 0) is 12.0 Å². The lowest BCUT2D eigenvalue weighted by Crippen LogP contribution is -2.53. The van der Waals surface area contributed by atoms with Gasteiger partial charge in [-0.15, -0.1) is 0 Å². The van der Waals surface area contributed by atoms with Gasteiger partial charge >= 0.3 is 6.18 Å². The van der Waals surface area contributed by atoms with Gasteiger partial charge in [0.1, 0.15) is 5.75 Å². The summed E-state index contributed by atoms with van der Waals surface area (Å²) >= 11 is 6.09. The Hall–Kier alpha value is -2.55. The molecule has 33 heavy (non-hydrogen) atoms. The minimum atomic E-state index is -4.91. The number of anilines is 1. The molecule has 3 aromatic rings. The number of nitrogens with zero attached hydrogens (tertiary/aromatic N) is 1. The predicted molar refractivity (Wildman–Crippen MR) is 123 cm³/mol. The summed E-state index contributed by atoms with van der Waals surface area (Å²) in [5.41, 5.74) is -2.35. The van der Waals surface area contributed by atoms with E-state index in [0.717, 1.165) is 0 Å². The van der Waals surface area contributed by atoms with E-state index < -0.39 is 30.2 Å². The highest BCUT2D eigenvalue weighted by molar-refractivity contribution is 6.30. The first-order valence-electron chi connectivity index (χ1n) is 10.3. The van der Waals surface area contributed by atoms with E-state index in [1.54, 1.807) is 62.4 Å². The summed E-state index contributed by atoms with van der Waals surface area (Å²) in [7, 11) is 1.43. The third-order valence-electron chi connectivity index (χ3n) is 5.68. The third kappa shape index (κ3) is 5.34. The Morgan fingerprint density at radius 2 is 1.82 bits per heavy atom. The van der Waals surface area contributed by atoms with Crippen LogP contribution in [0.15, 0.2) is 48.5 Å². The molecule has 3 rings (SSSR count). The van der Waals surface area contributed by atoms with Gasteiger partial charge in [0.25, 0.3) is 0 Å². The van der Waals surface area contributed by atoms with Gasteiger partial charge in [0.05, 0.1) is 31.5 Å². The lowest BCUT2D eigenvalue weighted by molar-refractivity contribution is -0.260. The van der Waals surface area contributed by atoms with Crippen LogP contribution in [0.2, 0.25) is 5.02 Å². The van der Waals surface area contributed by atoms with Crippen molar-refractivity contribution in [1.29, 1.82) is 0 Å². The molecule has 1 unspecified atom stereocenters. The maximum Gasteiger partial charge on any atom is 0.418 e. The number of pyridine rings is 1. The molecule has 0 aliphatic carbocycles. The second-order valence-corrected chi connectivity index (χ2v) is 9.06. The normalized spacial score (nSPS) is 14.2. The summed E-state index contributed by atoms with van der Waals surface area (Å²) in [6, 6.07) is 13.0. The minimum absolute atomic E-state index is 0.247. The number of methoxy groups -OCH3 is 1. The first-order chi connectivity index (χ1) is 15.4. The van der Waals surface area contributed by atoms with Gasteiger partial charge in [0, 0.05) is 21.7 Å². The number of alkyl halides is 3. The van der Waals surface area contributed by atoms with E-state index in [1.165, 1.54) is 7.11 Å². The van der Waals surface area contributed by atoms with E-state index in [9.17, 15) is 23.4 Å². The molecule has 1 aromatic heterocycles. The van der Waals surface area contributed by atoms with Crippen molar-refractivity contribution in [3.05, 3.63) is 64.8 Å².